The molecule has 0 spiro atoms. The number of hydrogen-bond donors (Lipinski definition) is 1. The van der Waals surface area contributed by atoms with E-state index in [0.29, 0.717) is 18.0 Å². The summed E-state index contributed by atoms with van der Waals surface area (Å²) in [5.41, 5.74) is 2.73. The fourth-order valence-corrected chi connectivity index (χ4v) is 5.21. The van der Waals surface area contributed by atoms with Gasteiger partial charge >= 0.3 is 0 Å². The maximum atomic E-state index is 4.62. The number of benzene rings is 1. The van der Waals surface area contributed by atoms with Crippen LogP contribution in [0.5, 0.6) is 0 Å². The van der Waals surface area contributed by atoms with Gasteiger partial charge in [0.2, 0.25) is 0 Å². The molecule has 1 fully saturated rings. The third-order valence-corrected chi connectivity index (χ3v) is 6.51. The predicted octanol–water partition coefficient (Wildman–Crippen LogP) is 3.70. The molecule has 2 aliphatic rings. The fourth-order valence-electron chi connectivity index (χ4n) is 4.10. The van der Waals surface area contributed by atoms with E-state index < -0.39 is 0 Å². The maximum Gasteiger partial charge on any atom is 0.0447 e. The van der Waals surface area contributed by atoms with Crippen molar-refractivity contribution in [3.63, 3.8) is 0 Å². The van der Waals surface area contributed by atoms with Crippen molar-refractivity contribution in [2.24, 2.45) is 0 Å². The van der Waals surface area contributed by atoms with Gasteiger partial charge in [0, 0.05) is 54.4 Å². The molecule has 3 unspecified atom stereocenters. The van der Waals surface area contributed by atoms with Crippen LogP contribution in [0.2, 0.25) is 0 Å². The summed E-state index contributed by atoms with van der Waals surface area (Å²) in [4.78, 5) is 8.83. The van der Waals surface area contributed by atoms with Crippen LogP contribution in [-0.2, 0) is 0 Å². The summed E-state index contributed by atoms with van der Waals surface area (Å²) in [6.45, 7) is 5.57. The van der Waals surface area contributed by atoms with Crippen LogP contribution >= 0.6 is 11.8 Å². The molecule has 3 heterocycles. The molecule has 3 atom stereocenters. The third kappa shape index (κ3) is 3.10. The highest BCUT2D eigenvalue weighted by atomic mass is 32.2. The molecule has 0 radical (unpaired) electrons. The molecule has 1 N–H and O–H groups in total. The Morgan fingerprint density at radius 1 is 1.21 bits per heavy atom. The fraction of sp³-hybridized carbons (Fsp3) is 0.450. The van der Waals surface area contributed by atoms with Gasteiger partial charge in [-0.3, -0.25) is 9.88 Å². The number of hydrogen-bond acceptors (Lipinski definition) is 4. The summed E-state index contributed by atoms with van der Waals surface area (Å²) >= 11 is 2.01. The lowest BCUT2D eigenvalue weighted by Crippen LogP contribution is -2.54. The van der Waals surface area contributed by atoms with Gasteiger partial charge < -0.3 is 5.32 Å². The van der Waals surface area contributed by atoms with E-state index in [1.54, 1.807) is 0 Å². The molecule has 1 saturated heterocycles. The van der Waals surface area contributed by atoms with Crippen molar-refractivity contribution >= 4 is 11.8 Å². The van der Waals surface area contributed by atoms with Crippen LogP contribution in [0.3, 0.4) is 0 Å². The molecule has 4 heteroatoms. The predicted molar refractivity (Wildman–Crippen MR) is 101 cm³/mol. The first-order chi connectivity index (χ1) is 11.8. The van der Waals surface area contributed by atoms with E-state index in [1.807, 2.05) is 24.0 Å². The van der Waals surface area contributed by atoms with Gasteiger partial charge in [-0.15, -0.1) is 11.8 Å². The number of aromatic nitrogens is 1. The third-order valence-electron chi connectivity index (χ3n) is 5.38. The molecule has 1 aromatic carbocycles. The van der Waals surface area contributed by atoms with Crippen LogP contribution < -0.4 is 5.32 Å². The summed E-state index contributed by atoms with van der Waals surface area (Å²) in [5.74, 6) is 1.65. The highest BCUT2D eigenvalue weighted by molar-refractivity contribution is 7.99. The van der Waals surface area contributed by atoms with Crippen molar-refractivity contribution < 1.29 is 0 Å². The first kappa shape index (κ1) is 16.1. The molecule has 0 saturated carbocycles. The highest BCUT2D eigenvalue weighted by Crippen LogP contribution is 2.41. The molecule has 2 aromatic rings. The number of pyridine rings is 1. The second-order valence-electron chi connectivity index (χ2n) is 6.74. The number of nitrogens with zero attached hydrogens (tertiary/aromatic N) is 2. The summed E-state index contributed by atoms with van der Waals surface area (Å²) in [7, 11) is 0. The Hall–Kier alpha value is -1.36. The van der Waals surface area contributed by atoms with Crippen molar-refractivity contribution in [2.45, 2.75) is 36.2 Å². The zero-order valence-electron chi connectivity index (χ0n) is 14.2. The zero-order chi connectivity index (χ0) is 16.4. The normalized spacial score (nSPS) is 25.9. The van der Waals surface area contributed by atoms with Crippen LogP contribution in [-0.4, -0.2) is 41.3 Å². The van der Waals surface area contributed by atoms with Gasteiger partial charge in [-0.05, 0) is 35.9 Å². The van der Waals surface area contributed by atoms with Crippen molar-refractivity contribution in [1.29, 1.82) is 0 Å². The van der Waals surface area contributed by atoms with Gasteiger partial charge in [0.1, 0.15) is 0 Å². The van der Waals surface area contributed by atoms with E-state index in [9.17, 15) is 0 Å². The number of piperazine rings is 1. The maximum absolute atomic E-state index is 4.62. The molecule has 3 nitrogen and oxygen atoms in total. The highest BCUT2D eigenvalue weighted by Gasteiger charge is 2.35. The molecule has 4 rings (SSSR count). The molecule has 0 aliphatic carbocycles. The van der Waals surface area contributed by atoms with Crippen LogP contribution in [0, 0.1) is 0 Å². The number of nitrogens with one attached hydrogen (secondary N) is 1. The van der Waals surface area contributed by atoms with Gasteiger partial charge in [-0.25, -0.2) is 0 Å². The lowest BCUT2D eigenvalue weighted by molar-refractivity contribution is 0.0856. The minimum atomic E-state index is 0.431. The van der Waals surface area contributed by atoms with Crippen molar-refractivity contribution in [3.05, 3.63) is 59.9 Å². The van der Waals surface area contributed by atoms with Crippen LogP contribution in [0.25, 0.3) is 0 Å². The van der Waals surface area contributed by atoms with Gasteiger partial charge in [0.05, 0.1) is 0 Å². The Bertz CT molecular complexity index is 676. The molecule has 1 aromatic heterocycles. The molecule has 2 aliphatic heterocycles. The van der Waals surface area contributed by atoms with E-state index in [1.165, 1.54) is 28.3 Å². The number of fused-ring (bicyclic) bond motifs is 1. The van der Waals surface area contributed by atoms with E-state index in [-0.39, 0.29) is 0 Å². The average Bonchev–Trinajstić information content (AvgIpc) is 2.68. The van der Waals surface area contributed by atoms with Gasteiger partial charge in [-0.2, -0.15) is 0 Å². The standard InChI is InChI=1S/C20H25N3S/c1-15(17-7-4-5-10-22-17)19-14-21-11-12-23(19)18-9-13-24-20-8-3-2-6-16(18)20/h2-8,10,15,18-19,21H,9,11-14H2,1H3. The SMILES string of the molecule is CC(c1ccccn1)C1CNCCN1C1CCSc2ccccc21. The lowest BCUT2D eigenvalue weighted by Gasteiger charge is -2.45. The van der Waals surface area contributed by atoms with Gasteiger partial charge in [0.25, 0.3) is 0 Å². The zero-order valence-corrected chi connectivity index (χ0v) is 15.0. The van der Waals surface area contributed by atoms with Gasteiger partial charge in [0.15, 0.2) is 0 Å². The largest absolute Gasteiger partial charge is 0.314 e. The van der Waals surface area contributed by atoms with Crippen molar-refractivity contribution in [2.75, 3.05) is 25.4 Å². The van der Waals surface area contributed by atoms with E-state index in [4.69, 9.17) is 0 Å². The quantitative estimate of drug-likeness (QED) is 0.923. The number of rotatable bonds is 3. The minimum absolute atomic E-state index is 0.431. The number of thioether (sulfide) groups is 1. The second-order valence-corrected chi connectivity index (χ2v) is 7.88. The first-order valence-electron chi connectivity index (χ1n) is 8.93. The van der Waals surface area contributed by atoms with E-state index in [2.05, 4.69) is 58.5 Å². The Morgan fingerprint density at radius 2 is 2.08 bits per heavy atom. The minimum Gasteiger partial charge on any atom is -0.314 e. The molecular formula is C20H25N3S. The Morgan fingerprint density at radius 3 is 2.96 bits per heavy atom. The van der Waals surface area contributed by atoms with Gasteiger partial charge in [-0.1, -0.05) is 31.2 Å². The monoisotopic (exact) mass is 339 g/mol. The van der Waals surface area contributed by atoms with Crippen LogP contribution in [0.1, 0.15) is 36.6 Å². The molecular weight excluding hydrogens is 314 g/mol. The van der Waals surface area contributed by atoms with E-state index in [0.717, 1.165) is 19.6 Å². The molecule has 24 heavy (non-hydrogen) atoms. The summed E-state index contributed by atoms with van der Waals surface area (Å²) < 4.78 is 0. The molecule has 0 bridgehead atoms. The molecule has 126 valence electrons. The lowest BCUT2D eigenvalue weighted by atomic mass is 9.91. The van der Waals surface area contributed by atoms with Crippen LogP contribution in [0.4, 0.5) is 0 Å². The Balaban J connectivity index is 1.63. The average molecular weight is 340 g/mol. The van der Waals surface area contributed by atoms with Crippen molar-refractivity contribution in [3.8, 4) is 0 Å². The summed E-state index contributed by atoms with van der Waals surface area (Å²) in [5, 5.41) is 3.60. The summed E-state index contributed by atoms with van der Waals surface area (Å²) in [6, 6.07) is 16.3. The van der Waals surface area contributed by atoms with Crippen molar-refractivity contribution in [1.82, 2.24) is 15.2 Å². The smallest absolute Gasteiger partial charge is 0.0447 e. The van der Waals surface area contributed by atoms with E-state index >= 15 is 0 Å². The topological polar surface area (TPSA) is 28.2 Å². The molecule has 0 amide bonds. The Labute approximate surface area is 148 Å². The Kier molecular flexibility index (Phi) is 4.88. The summed E-state index contributed by atoms with van der Waals surface area (Å²) in [6.07, 6.45) is 3.16. The van der Waals surface area contributed by atoms with Crippen LogP contribution in [0.15, 0.2) is 53.6 Å². The first-order valence-corrected chi connectivity index (χ1v) is 9.92. The second kappa shape index (κ2) is 7.26.